The van der Waals surface area contributed by atoms with Crippen molar-refractivity contribution in [3.05, 3.63) is 58.1 Å². The van der Waals surface area contributed by atoms with Gasteiger partial charge in [-0.25, -0.2) is 0 Å². The Morgan fingerprint density at radius 2 is 1.58 bits per heavy atom. The first-order valence-corrected chi connectivity index (χ1v) is 5.75. The highest BCUT2D eigenvalue weighted by molar-refractivity contribution is 6.29. The molecule has 0 aliphatic heterocycles. The number of hydrogen-bond acceptors (Lipinski definition) is 4. The Hall–Kier alpha value is -2.62. The van der Waals surface area contributed by atoms with Gasteiger partial charge in [-0.1, -0.05) is 0 Å². The highest BCUT2D eigenvalue weighted by Gasteiger charge is 2.32. The summed E-state index contributed by atoms with van der Waals surface area (Å²) >= 11 is 0. The molecule has 0 fully saturated rings. The van der Waals surface area contributed by atoms with E-state index in [1.165, 1.54) is 24.3 Å². The van der Waals surface area contributed by atoms with Crippen molar-refractivity contribution in [3.63, 3.8) is 0 Å². The van der Waals surface area contributed by atoms with Crippen molar-refractivity contribution in [1.29, 1.82) is 0 Å². The zero-order valence-electron chi connectivity index (χ0n) is 10.1. The minimum absolute atomic E-state index is 0.0359. The lowest BCUT2D eigenvalue weighted by molar-refractivity contribution is 0.0976. The Balaban J connectivity index is 2.36. The predicted molar refractivity (Wildman–Crippen MR) is 67.8 cm³/mol. The van der Waals surface area contributed by atoms with Gasteiger partial charge >= 0.3 is 0 Å². The van der Waals surface area contributed by atoms with Gasteiger partial charge in [-0.2, -0.15) is 0 Å². The molecule has 0 bridgehead atoms. The molecule has 4 heteroatoms. The van der Waals surface area contributed by atoms with Crippen molar-refractivity contribution in [2.45, 2.75) is 6.92 Å². The molecule has 19 heavy (non-hydrogen) atoms. The van der Waals surface area contributed by atoms with E-state index in [-0.39, 0.29) is 39.5 Å². The summed E-state index contributed by atoms with van der Waals surface area (Å²) in [7, 11) is 0. The lowest BCUT2D eigenvalue weighted by atomic mass is 9.83. The van der Waals surface area contributed by atoms with Crippen LogP contribution in [0.3, 0.4) is 0 Å². The molecule has 0 saturated carbocycles. The van der Waals surface area contributed by atoms with E-state index in [9.17, 15) is 19.8 Å². The maximum atomic E-state index is 12.3. The van der Waals surface area contributed by atoms with E-state index in [1.54, 1.807) is 13.0 Å². The molecule has 4 nitrogen and oxygen atoms in total. The molecule has 0 heterocycles. The van der Waals surface area contributed by atoms with Crippen molar-refractivity contribution in [3.8, 4) is 11.5 Å². The van der Waals surface area contributed by atoms with Crippen LogP contribution in [0.5, 0.6) is 11.5 Å². The zero-order valence-corrected chi connectivity index (χ0v) is 10.1. The van der Waals surface area contributed by atoms with Crippen LogP contribution < -0.4 is 0 Å². The van der Waals surface area contributed by atoms with Crippen LogP contribution in [0.1, 0.15) is 37.4 Å². The zero-order chi connectivity index (χ0) is 13.7. The molecular formula is C15H10O4. The summed E-state index contributed by atoms with van der Waals surface area (Å²) in [5, 5.41) is 19.3. The van der Waals surface area contributed by atoms with E-state index in [4.69, 9.17) is 0 Å². The van der Waals surface area contributed by atoms with E-state index in [0.29, 0.717) is 5.56 Å². The normalized spacial score (nSPS) is 13.1. The van der Waals surface area contributed by atoms with Gasteiger partial charge in [0, 0.05) is 16.7 Å². The number of carbonyl (C=O) groups is 2. The molecule has 1 aliphatic rings. The predicted octanol–water partition coefficient (Wildman–Crippen LogP) is 2.18. The lowest BCUT2D eigenvalue weighted by Crippen LogP contribution is -2.21. The Labute approximate surface area is 108 Å². The van der Waals surface area contributed by atoms with Crippen LogP contribution in [0.15, 0.2) is 30.3 Å². The minimum atomic E-state index is -0.401. The maximum Gasteiger partial charge on any atom is 0.198 e. The summed E-state index contributed by atoms with van der Waals surface area (Å²) < 4.78 is 0. The second-order valence-electron chi connectivity index (χ2n) is 4.59. The number of fused-ring (bicyclic) bond motifs is 2. The van der Waals surface area contributed by atoms with Crippen molar-refractivity contribution < 1.29 is 19.8 Å². The quantitative estimate of drug-likeness (QED) is 0.644. The average Bonchev–Trinajstić information content (AvgIpc) is 2.35. The second-order valence-corrected chi connectivity index (χ2v) is 4.59. The molecule has 2 aromatic carbocycles. The number of ketones is 2. The van der Waals surface area contributed by atoms with Crippen molar-refractivity contribution in [2.24, 2.45) is 0 Å². The van der Waals surface area contributed by atoms with Gasteiger partial charge < -0.3 is 10.2 Å². The first kappa shape index (κ1) is 11.5. The van der Waals surface area contributed by atoms with Crippen molar-refractivity contribution in [2.75, 3.05) is 0 Å². The number of carbonyl (C=O) groups excluding carboxylic acids is 2. The Morgan fingerprint density at radius 3 is 2.32 bits per heavy atom. The fourth-order valence-electron chi connectivity index (χ4n) is 2.38. The van der Waals surface area contributed by atoms with Crippen molar-refractivity contribution >= 4 is 11.6 Å². The molecule has 0 amide bonds. The van der Waals surface area contributed by atoms with Gasteiger partial charge in [0.2, 0.25) is 0 Å². The van der Waals surface area contributed by atoms with Crippen LogP contribution in [0, 0.1) is 6.92 Å². The molecule has 94 valence electrons. The van der Waals surface area contributed by atoms with Crippen LogP contribution in [0.25, 0.3) is 0 Å². The molecular weight excluding hydrogens is 244 g/mol. The lowest BCUT2D eigenvalue weighted by Gasteiger charge is -2.18. The van der Waals surface area contributed by atoms with Crippen LogP contribution in [0.4, 0.5) is 0 Å². The number of benzene rings is 2. The molecule has 1 aliphatic carbocycles. The van der Waals surface area contributed by atoms with Gasteiger partial charge in [0.15, 0.2) is 11.6 Å². The van der Waals surface area contributed by atoms with Gasteiger partial charge in [0.05, 0.1) is 5.56 Å². The van der Waals surface area contributed by atoms with Crippen LogP contribution in [0.2, 0.25) is 0 Å². The highest BCUT2D eigenvalue weighted by Crippen LogP contribution is 2.34. The number of hydrogen-bond donors (Lipinski definition) is 2. The first-order chi connectivity index (χ1) is 8.99. The molecule has 0 radical (unpaired) electrons. The molecule has 2 N–H and O–H groups in total. The summed E-state index contributed by atoms with van der Waals surface area (Å²) in [5.74, 6) is -1.02. The van der Waals surface area contributed by atoms with Gasteiger partial charge in [0.1, 0.15) is 11.5 Å². The number of aromatic hydroxyl groups is 2. The third-order valence-corrected chi connectivity index (χ3v) is 3.23. The third kappa shape index (κ3) is 1.53. The van der Waals surface area contributed by atoms with Gasteiger partial charge in [-0.15, -0.1) is 0 Å². The fraction of sp³-hybridized carbons (Fsp3) is 0.0667. The molecule has 2 aromatic rings. The molecule has 0 aromatic heterocycles. The Morgan fingerprint density at radius 1 is 0.842 bits per heavy atom. The largest absolute Gasteiger partial charge is 0.508 e. The summed E-state index contributed by atoms with van der Waals surface area (Å²) in [6.07, 6.45) is 0. The van der Waals surface area contributed by atoms with E-state index in [2.05, 4.69) is 0 Å². The van der Waals surface area contributed by atoms with Crippen LogP contribution in [-0.4, -0.2) is 21.8 Å². The van der Waals surface area contributed by atoms with E-state index >= 15 is 0 Å². The van der Waals surface area contributed by atoms with Crippen LogP contribution in [-0.2, 0) is 0 Å². The summed E-state index contributed by atoms with van der Waals surface area (Å²) in [6, 6.07) is 7.04. The van der Waals surface area contributed by atoms with Crippen LogP contribution >= 0.6 is 0 Å². The summed E-state index contributed by atoms with van der Waals surface area (Å²) in [4.78, 5) is 24.6. The van der Waals surface area contributed by atoms with Gasteiger partial charge in [0.25, 0.3) is 0 Å². The monoisotopic (exact) mass is 254 g/mol. The number of phenolic OH excluding ortho intramolecular Hbond substituents is 2. The van der Waals surface area contributed by atoms with Gasteiger partial charge in [-0.3, -0.25) is 9.59 Å². The molecule has 0 unspecified atom stereocenters. The smallest absolute Gasteiger partial charge is 0.198 e. The van der Waals surface area contributed by atoms with Crippen molar-refractivity contribution in [1.82, 2.24) is 0 Å². The summed E-state index contributed by atoms with van der Waals surface area (Å²) in [5.41, 5.74) is 1.28. The number of aryl methyl sites for hydroxylation is 1. The molecule has 3 rings (SSSR count). The van der Waals surface area contributed by atoms with E-state index in [0.717, 1.165) is 0 Å². The minimum Gasteiger partial charge on any atom is -0.508 e. The molecule has 0 spiro atoms. The summed E-state index contributed by atoms with van der Waals surface area (Å²) in [6.45, 7) is 1.73. The Kier molecular flexibility index (Phi) is 2.22. The van der Waals surface area contributed by atoms with Gasteiger partial charge in [-0.05, 0) is 42.8 Å². The highest BCUT2D eigenvalue weighted by atomic mass is 16.3. The Bertz CT molecular complexity index is 744. The third-order valence-electron chi connectivity index (χ3n) is 3.23. The second kappa shape index (κ2) is 3.68. The van der Waals surface area contributed by atoms with E-state index < -0.39 is 5.78 Å². The maximum absolute atomic E-state index is 12.3. The first-order valence-electron chi connectivity index (χ1n) is 5.75. The fourth-order valence-corrected chi connectivity index (χ4v) is 2.38. The molecule has 0 saturated heterocycles. The number of phenols is 2. The van der Waals surface area contributed by atoms with E-state index in [1.807, 2.05) is 0 Å². The average molecular weight is 254 g/mol. The number of rotatable bonds is 0. The standard InChI is InChI=1S/C15H10O4/c1-7-4-11-13(12(17)5-7)15(19)9-3-2-8(16)6-10(9)14(11)18/h2-6,16-17H,1H3. The topological polar surface area (TPSA) is 74.6 Å². The molecule has 0 atom stereocenters. The SMILES string of the molecule is Cc1cc(O)c2c(c1)C(=O)c1cc(O)ccc1C2=O.